The maximum absolute atomic E-state index is 12.5. The SMILES string of the molecule is CC/C(=N\NC(=O)c1ccc(N(CC)CC)cc1)c1ccc(OC)c(OC)c1. The Morgan fingerprint density at radius 1 is 0.929 bits per heavy atom. The fourth-order valence-corrected chi connectivity index (χ4v) is 2.96. The van der Waals surface area contributed by atoms with Crippen molar-refractivity contribution in [3.63, 3.8) is 0 Å². The number of hydrazone groups is 1. The van der Waals surface area contributed by atoms with Gasteiger partial charge in [0.2, 0.25) is 0 Å². The lowest BCUT2D eigenvalue weighted by Crippen LogP contribution is -2.22. The molecule has 0 bridgehead atoms. The van der Waals surface area contributed by atoms with Gasteiger partial charge in [0.05, 0.1) is 19.9 Å². The minimum absolute atomic E-state index is 0.238. The van der Waals surface area contributed by atoms with Crippen LogP contribution in [0, 0.1) is 0 Å². The highest BCUT2D eigenvalue weighted by Gasteiger charge is 2.10. The number of ether oxygens (including phenoxy) is 2. The Hall–Kier alpha value is -3.02. The molecule has 1 N–H and O–H groups in total. The van der Waals surface area contributed by atoms with E-state index in [0.29, 0.717) is 23.5 Å². The summed E-state index contributed by atoms with van der Waals surface area (Å²) in [6, 6.07) is 13.1. The first-order valence-electron chi connectivity index (χ1n) is 9.52. The second-order valence-corrected chi connectivity index (χ2v) is 6.14. The fraction of sp³-hybridized carbons (Fsp3) is 0.364. The maximum atomic E-state index is 12.5. The Balaban J connectivity index is 2.15. The van der Waals surface area contributed by atoms with Crippen molar-refractivity contribution in [3.05, 3.63) is 53.6 Å². The number of benzene rings is 2. The summed E-state index contributed by atoms with van der Waals surface area (Å²) in [5.41, 5.74) is 5.96. The van der Waals surface area contributed by atoms with E-state index in [1.54, 1.807) is 14.2 Å². The van der Waals surface area contributed by atoms with Gasteiger partial charge in [-0.05, 0) is 62.7 Å². The zero-order valence-electron chi connectivity index (χ0n) is 17.3. The zero-order chi connectivity index (χ0) is 20.5. The molecular formula is C22H29N3O3. The Labute approximate surface area is 167 Å². The number of nitrogens with one attached hydrogen (secondary N) is 1. The monoisotopic (exact) mass is 383 g/mol. The number of carbonyl (C=O) groups is 1. The lowest BCUT2D eigenvalue weighted by atomic mass is 10.1. The van der Waals surface area contributed by atoms with Crippen molar-refractivity contribution >= 4 is 17.3 Å². The van der Waals surface area contributed by atoms with Crippen molar-refractivity contribution in [1.29, 1.82) is 0 Å². The van der Waals surface area contributed by atoms with E-state index < -0.39 is 0 Å². The third-order valence-electron chi connectivity index (χ3n) is 4.60. The van der Waals surface area contributed by atoms with E-state index in [1.807, 2.05) is 49.4 Å². The van der Waals surface area contributed by atoms with Crippen molar-refractivity contribution < 1.29 is 14.3 Å². The average Bonchev–Trinajstić information content (AvgIpc) is 2.75. The molecule has 0 spiro atoms. The minimum Gasteiger partial charge on any atom is -0.493 e. The van der Waals surface area contributed by atoms with Crippen molar-refractivity contribution in [2.24, 2.45) is 5.10 Å². The van der Waals surface area contributed by atoms with E-state index in [0.717, 1.165) is 30.1 Å². The molecule has 0 saturated carbocycles. The Bertz CT molecular complexity index is 812. The lowest BCUT2D eigenvalue weighted by molar-refractivity contribution is 0.0955. The molecule has 0 aliphatic carbocycles. The number of hydrogen-bond donors (Lipinski definition) is 1. The summed E-state index contributed by atoms with van der Waals surface area (Å²) in [5.74, 6) is 1.04. The molecule has 0 aromatic heterocycles. The molecule has 0 atom stereocenters. The van der Waals surface area contributed by atoms with Crippen molar-refractivity contribution in [3.8, 4) is 11.5 Å². The van der Waals surface area contributed by atoms with Crippen LogP contribution in [-0.2, 0) is 0 Å². The van der Waals surface area contributed by atoms with Crippen molar-refractivity contribution in [2.75, 3.05) is 32.2 Å². The first-order valence-corrected chi connectivity index (χ1v) is 9.52. The van der Waals surface area contributed by atoms with Gasteiger partial charge in [0.15, 0.2) is 11.5 Å². The zero-order valence-corrected chi connectivity index (χ0v) is 17.3. The topological polar surface area (TPSA) is 63.2 Å². The van der Waals surface area contributed by atoms with Crippen LogP contribution in [0.3, 0.4) is 0 Å². The second kappa shape index (κ2) is 10.3. The highest BCUT2D eigenvalue weighted by atomic mass is 16.5. The highest BCUT2D eigenvalue weighted by Crippen LogP contribution is 2.28. The number of methoxy groups -OCH3 is 2. The van der Waals surface area contributed by atoms with Crippen molar-refractivity contribution in [1.82, 2.24) is 5.43 Å². The molecule has 0 fully saturated rings. The van der Waals surface area contributed by atoms with Gasteiger partial charge in [-0.3, -0.25) is 4.79 Å². The molecule has 28 heavy (non-hydrogen) atoms. The molecule has 0 aliphatic heterocycles. The van der Waals surface area contributed by atoms with Crippen LogP contribution in [0.4, 0.5) is 5.69 Å². The number of nitrogens with zero attached hydrogens (tertiary/aromatic N) is 2. The van der Waals surface area contributed by atoms with Gasteiger partial charge in [-0.2, -0.15) is 5.10 Å². The molecule has 0 unspecified atom stereocenters. The molecule has 2 aromatic rings. The summed E-state index contributed by atoms with van der Waals surface area (Å²) in [7, 11) is 3.19. The van der Waals surface area contributed by atoms with Crippen LogP contribution in [0.15, 0.2) is 47.6 Å². The summed E-state index contributed by atoms with van der Waals surface area (Å²) in [6.07, 6.45) is 0.663. The number of amides is 1. The minimum atomic E-state index is -0.238. The molecule has 6 nitrogen and oxygen atoms in total. The van der Waals surface area contributed by atoms with Crippen LogP contribution >= 0.6 is 0 Å². The second-order valence-electron chi connectivity index (χ2n) is 6.14. The largest absolute Gasteiger partial charge is 0.493 e. The number of hydrogen-bond acceptors (Lipinski definition) is 5. The molecule has 0 saturated heterocycles. The normalized spacial score (nSPS) is 11.1. The van der Waals surface area contributed by atoms with Crippen LogP contribution < -0.4 is 19.8 Å². The molecule has 0 radical (unpaired) electrons. The van der Waals surface area contributed by atoms with Gasteiger partial charge in [0.1, 0.15) is 0 Å². The summed E-state index contributed by atoms with van der Waals surface area (Å²) in [5, 5.41) is 4.32. The predicted octanol–water partition coefficient (Wildman–Crippen LogP) is 4.09. The van der Waals surface area contributed by atoms with E-state index in [1.165, 1.54) is 0 Å². The first-order chi connectivity index (χ1) is 13.6. The Morgan fingerprint density at radius 2 is 1.54 bits per heavy atom. The summed E-state index contributed by atoms with van der Waals surface area (Å²) in [6.45, 7) is 8.06. The van der Waals surface area contributed by atoms with Crippen molar-refractivity contribution in [2.45, 2.75) is 27.2 Å². The van der Waals surface area contributed by atoms with E-state index in [4.69, 9.17) is 9.47 Å². The van der Waals surface area contributed by atoms with Gasteiger partial charge in [-0.1, -0.05) is 6.92 Å². The summed E-state index contributed by atoms with van der Waals surface area (Å²) >= 11 is 0. The van der Waals surface area contributed by atoms with Gasteiger partial charge in [-0.15, -0.1) is 0 Å². The van der Waals surface area contributed by atoms with E-state index in [2.05, 4.69) is 29.3 Å². The van der Waals surface area contributed by atoms with E-state index in [-0.39, 0.29) is 5.91 Å². The summed E-state index contributed by atoms with van der Waals surface area (Å²) in [4.78, 5) is 14.7. The molecule has 0 aliphatic rings. The average molecular weight is 383 g/mol. The number of carbonyl (C=O) groups excluding carboxylic acids is 1. The first kappa shape index (κ1) is 21.3. The predicted molar refractivity (Wildman–Crippen MR) is 114 cm³/mol. The molecular weight excluding hydrogens is 354 g/mol. The molecule has 1 amide bonds. The van der Waals surface area contributed by atoms with Gasteiger partial charge in [-0.25, -0.2) is 5.43 Å². The third kappa shape index (κ3) is 5.03. The molecule has 6 heteroatoms. The third-order valence-corrected chi connectivity index (χ3v) is 4.60. The molecule has 0 heterocycles. The van der Waals surface area contributed by atoms with Crippen LogP contribution in [0.5, 0.6) is 11.5 Å². The molecule has 2 rings (SSSR count). The van der Waals surface area contributed by atoms with Gasteiger partial charge in [0.25, 0.3) is 5.91 Å². The van der Waals surface area contributed by atoms with E-state index >= 15 is 0 Å². The van der Waals surface area contributed by atoms with Gasteiger partial charge in [0, 0.05) is 29.9 Å². The van der Waals surface area contributed by atoms with Crippen LogP contribution in [0.1, 0.15) is 43.1 Å². The highest BCUT2D eigenvalue weighted by molar-refractivity contribution is 6.02. The van der Waals surface area contributed by atoms with Gasteiger partial charge < -0.3 is 14.4 Å². The van der Waals surface area contributed by atoms with Crippen LogP contribution in [-0.4, -0.2) is 38.9 Å². The maximum Gasteiger partial charge on any atom is 0.271 e. The lowest BCUT2D eigenvalue weighted by Gasteiger charge is -2.20. The Morgan fingerprint density at radius 3 is 2.07 bits per heavy atom. The van der Waals surface area contributed by atoms with Gasteiger partial charge >= 0.3 is 0 Å². The number of anilines is 1. The van der Waals surface area contributed by atoms with Crippen LogP contribution in [0.25, 0.3) is 0 Å². The van der Waals surface area contributed by atoms with Crippen LogP contribution in [0.2, 0.25) is 0 Å². The molecule has 150 valence electrons. The molecule has 2 aromatic carbocycles. The summed E-state index contributed by atoms with van der Waals surface area (Å²) < 4.78 is 10.6. The quantitative estimate of drug-likeness (QED) is 0.523. The van der Waals surface area contributed by atoms with E-state index in [9.17, 15) is 4.79 Å². The smallest absolute Gasteiger partial charge is 0.271 e. The number of rotatable bonds is 9. The fourth-order valence-electron chi connectivity index (χ4n) is 2.96. The Kier molecular flexibility index (Phi) is 7.87. The standard InChI is InChI=1S/C22H29N3O3/c1-6-19(17-11-14-20(27-4)21(15-17)28-5)23-24-22(26)16-9-12-18(13-10-16)25(7-2)8-3/h9-15H,6-8H2,1-5H3,(H,24,26)/b23-19+.